The summed E-state index contributed by atoms with van der Waals surface area (Å²) in [5.41, 5.74) is 6.76. The van der Waals surface area contributed by atoms with Crippen LogP contribution in [0.1, 0.15) is 29.6 Å². The van der Waals surface area contributed by atoms with Gasteiger partial charge in [-0.15, -0.1) is 0 Å². The number of carbonyl (C=O) groups excluding carboxylic acids is 1. The number of hydrogen-bond donors (Lipinski definition) is 2. The van der Waals surface area contributed by atoms with Crippen LogP contribution in [0.2, 0.25) is 5.02 Å². The van der Waals surface area contributed by atoms with E-state index in [-0.39, 0.29) is 5.91 Å². The summed E-state index contributed by atoms with van der Waals surface area (Å²) in [6, 6.07) is 5.60. The molecule has 4 rings (SSSR count). The second kappa shape index (κ2) is 3.89. The third-order valence-electron chi connectivity index (χ3n) is 5.33. The van der Waals surface area contributed by atoms with E-state index in [4.69, 9.17) is 17.3 Å². The van der Waals surface area contributed by atoms with Crippen LogP contribution in [0.5, 0.6) is 0 Å². The molecule has 0 saturated heterocycles. The van der Waals surface area contributed by atoms with E-state index in [1.165, 1.54) is 19.3 Å². The third-order valence-corrected chi connectivity index (χ3v) is 5.66. The molecule has 3 nitrogen and oxygen atoms in total. The van der Waals surface area contributed by atoms with Crippen LogP contribution in [0.4, 0.5) is 5.69 Å². The summed E-state index contributed by atoms with van der Waals surface area (Å²) in [7, 11) is 0. The van der Waals surface area contributed by atoms with Gasteiger partial charge in [0.25, 0.3) is 5.91 Å². The largest absolute Gasteiger partial charge is 0.397 e. The number of nitrogens with two attached hydrogens (primary N) is 1. The predicted octanol–water partition coefficient (Wildman–Crippen LogP) is 2.70. The van der Waals surface area contributed by atoms with Crippen molar-refractivity contribution in [2.45, 2.75) is 25.3 Å². The summed E-state index contributed by atoms with van der Waals surface area (Å²) >= 11 is 5.96. The maximum absolute atomic E-state index is 12.3. The zero-order chi connectivity index (χ0) is 13.1. The van der Waals surface area contributed by atoms with Crippen LogP contribution < -0.4 is 11.1 Å². The molecule has 1 aromatic carbocycles. The fraction of sp³-hybridized carbons (Fsp3) is 0.533. The Kier molecular flexibility index (Phi) is 2.37. The normalized spacial score (nSPS) is 38.1. The number of rotatable bonds is 2. The highest BCUT2D eigenvalue weighted by molar-refractivity contribution is 6.33. The summed E-state index contributed by atoms with van der Waals surface area (Å²) in [6.45, 7) is 0. The summed E-state index contributed by atoms with van der Waals surface area (Å²) in [5.74, 6) is 3.12. The number of halogens is 1. The number of anilines is 1. The fourth-order valence-corrected chi connectivity index (χ4v) is 4.66. The lowest BCUT2D eigenvalue weighted by molar-refractivity contribution is 0.0945. The smallest absolute Gasteiger partial charge is 0.253 e. The Morgan fingerprint density at radius 3 is 2.63 bits per heavy atom. The highest BCUT2D eigenvalue weighted by atomic mass is 35.5. The van der Waals surface area contributed by atoms with Crippen LogP contribution in [-0.4, -0.2) is 11.9 Å². The number of carbonyl (C=O) groups is 1. The van der Waals surface area contributed by atoms with E-state index in [1.807, 2.05) is 0 Å². The van der Waals surface area contributed by atoms with E-state index in [0.29, 0.717) is 22.3 Å². The van der Waals surface area contributed by atoms with Crippen LogP contribution in [0.25, 0.3) is 0 Å². The molecule has 1 amide bonds. The Morgan fingerprint density at radius 1 is 1.26 bits per heavy atom. The van der Waals surface area contributed by atoms with Gasteiger partial charge in [-0.1, -0.05) is 17.7 Å². The van der Waals surface area contributed by atoms with Gasteiger partial charge in [0, 0.05) is 6.04 Å². The lowest BCUT2D eigenvalue weighted by atomic mass is 10.0. The summed E-state index contributed by atoms with van der Waals surface area (Å²) in [4.78, 5) is 12.3. The number of hydrogen-bond acceptors (Lipinski definition) is 2. The van der Waals surface area contributed by atoms with Crippen molar-refractivity contribution in [1.82, 2.24) is 5.32 Å². The van der Waals surface area contributed by atoms with Crippen molar-refractivity contribution < 1.29 is 4.79 Å². The molecule has 4 heteroatoms. The maximum atomic E-state index is 12.3. The van der Waals surface area contributed by atoms with Crippen molar-refractivity contribution in [1.29, 1.82) is 0 Å². The first-order chi connectivity index (χ1) is 9.16. The van der Waals surface area contributed by atoms with Gasteiger partial charge >= 0.3 is 0 Å². The Labute approximate surface area is 117 Å². The topological polar surface area (TPSA) is 55.1 Å². The minimum atomic E-state index is -0.0706. The lowest BCUT2D eigenvalue weighted by Crippen LogP contribution is -2.30. The zero-order valence-electron chi connectivity index (χ0n) is 10.6. The van der Waals surface area contributed by atoms with Crippen molar-refractivity contribution in [3.8, 4) is 0 Å². The molecular formula is C15H17ClN2O. The van der Waals surface area contributed by atoms with Gasteiger partial charge in [0.15, 0.2) is 0 Å². The quantitative estimate of drug-likeness (QED) is 0.816. The molecule has 1 aromatic rings. The minimum Gasteiger partial charge on any atom is -0.397 e. The maximum Gasteiger partial charge on any atom is 0.253 e. The van der Waals surface area contributed by atoms with Crippen LogP contribution in [0.3, 0.4) is 0 Å². The lowest BCUT2D eigenvalue weighted by Gasteiger charge is -2.12. The van der Waals surface area contributed by atoms with Gasteiger partial charge < -0.3 is 11.1 Å². The van der Waals surface area contributed by atoms with Gasteiger partial charge in [0.05, 0.1) is 16.3 Å². The van der Waals surface area contributed by atoms with Crippen LogP contribution in [0.15, 0.2) is 18.2 Å². The summed E-state index contributed by atoms with van der Waals surface area (Å²) in [6.07, 6.45) is 4.11. The van der Waals surface area contributed by atoms with Gasteiger partial charge in [-0.3, -0.25) is 4.79 Å². The zero-order valence-corrected chi connectivity index (χ0v) is 11.4. The predicted molar refractivity (Wildman–Crippen MR) is 74.9 cm³/mol. The standard InChI is InChI=1S/C15H17ClN2O/c16-10-3-1-2-9(13(10)17)15(19)18-14-11-7-4-5-8(6-7)12(11)14/h1-3,7-8,11-12,14H,4-6,17H2,(H,18,19). The Balaban J connectivity index is 1.50. The van der Waals surface area contributed by atoms with Crippen LogP contribution >= 0.6 is 11.6 Å². The molecule has 3 aliphatic rings. The van der Waals surface area contributed by atoms with Gasteiger partial charge in [-0.2, -0.15) is 0 Å². The molecule has 0 aliphatic heterocycles. The van der Waals surface area contributed by atoms with Crippen molar-refractivity contribution in [2.75, 3.05) is 5.73 Å². The number of amides is 1. The van der Waals surface area contributed by atoms with Crippen molar-refractivity contribution in [3.05, 3.63) is 28.8 Å². The number of para-hydroxylation sites is 1. The molecule has 4 unspecified atom stereocenters. The molecule has 3 fully saturated rings. The average Bonchev–Trinajstić information content (AvgIpc) is 2.81. The van der Waals surface area contributed by atoms with Crippen molar-refractivity contribution in [3.63, 3.8) is 0 Å². The van der Waals surface area contributed by atoms with Gasteiger partial charge in [-0.05, 0) is 55.1 Å². The number of nitrogen functional groups attached to an aromatic ring is 1. The van der Waals surface area contributed by atoms with Gasteiger partial charge in [0.1, 0.15) is 0 Å². The van der Waals surface area contributed by atoms with E-state index in [9.17, 15) is 4.79 Å². The first-order valence-electron chi connectivity index (χ1n) is 7.01. The summed E-state index contributed by atoms with van der Waals surface area (Å²) in [5, 5.41) is 3.61. The summed E-state index contributed by atoms with van der Waals surface area (Å²) < 4.78 is 0. The first kappa shape index (κ1) is 11.6. The first-order valence-corrected chi connectivity index (χ1v) is 7.39. The molecular weight excluding hydrogens is 260 g/mol. The second-order valence-corrected chi connectivity index (χ2v) is 6.60. The Bertz CT molecular complexity index is 543. The van der Waals surface area contributed by atoms with E-state index >= 15 is 0 Å². The van der Waals surface area contributed by atoms with E-state index in [2.05, 4.69) is 5.32 Å². The molecule has 19 heavy (non-hydrogen) atoms. The van der Waals surface area contributed by atoms with E-state index < -0.39 is 0 Å². The molecule has 0 heterocycles. The molecule has 0 aromatic heterocycles. The molecule has 0 radical (unpaired) electrons. The number of benzene rings is 1. The van der Waals surface area contributed by atoms with Crippen molar-refractivity contribution >= 4 is 23.2 Å². The Hall–Kier alpha value is -1.22. The SMILES string of the molecule is Nc1c(Cl)cccc1C(=O)NC1C2C3CCC(C3)C12. The third kappa shape index (κ3) is 1.61. The molecule has 3 aliphatic carbocycles. The molecule has 3 saturated carbocycles. The van der Waals surface area contributed by atoms with Crippen molar-refractivity contribution in [2.24, 2.45) is 23.7 Å². The molecule has 3 N–H and O–H groups in total. The monoisotopic (exact) mass is 276 g/mol. The molecule has 100 valence electrons. The van der Waals surface area contributed by atoms with Crippen LogP contribution in [-0.2, 0) is 0 Å². The number of fused-ring (bicyclic) bond motifs is 5. The number of nitrogens with one attached hydrogen (secondary N) is 1. The average molecular weight is 277 g/mol. The molecule has 4 atom stereocenters. The minimum absolute atomic E-state index is 0.0706. The van der Waals surface area contributed by atoms with Gasteiger partial charge in [-0.25, -0.2) is 0 Å². The molecule has 0 spiro atoms. The Morgan fingerprint density at radius 2 is 1.95 bits per heavy atom. The second-order valence-electron chi connectivity index (χ2n) is 6.19. The highest BCUT2D eigenvalue weighted by Crippen LogP contribution is 2.65. The van der Waals surface area contributed by atoms with E-state index in [1.54, 1.807) is 18.2 Å². The molecule has 2 bridgehead atoms. The van der Waals surface area contributed by atoms with Gasteiger partial charge in [0.2, 0.25) is 0 Å². The van der Waals surface area contributed by atoms with Crippen LogP contribution in [0, 0.1) is 23.7 Å². The van der Waals surface area contributed by atoms with E-state index in [0.717, 1.165) is 23.7 Å². The fourth-order valence-electron chi connectivity index (χ4n) is 4.48. The highest BCUT2D eigenvalue weighted by Gasteiger charge is 2.65.